The first-order valence-corrected chi connectivity index (χ1v) is 4.79. The molecule has 76 valence electrons. The van der Waals surface area contributed by atoms with Crippen molar-refractivity contribution in [1.29, 1.82) is 5.26 Å². The molecule has 1 saturated heterocycles. The van der Waals surface area contributed by atoms with Crippen LogP contribution in [0.4, 0.5) is 0 Å². The number of allylic oxidation sites excluding steroid dienone is 1. The summed E-state index contributed by atoms with van der Waals surface area (Å²) in [6.07, 6.45) is 3.00. The topological polar surface area (TPSA) is 42.2 Å². The van der Waals surface area contributed by atoms with Gasteiger partial charge in [0, 0.05) is 11.6 Å². The first kappa shape index (κ1) is 9.91. The molecule has 1 fully saturated rings. The molecule has 1 heterocycles. The van der Waals surface area contributed by atoms with Gasteiger partial charge in [0.1, 0.15) is 0 Å². The fraction of sp³-hybridized carbons (Fsp3) is 0.250. The normalized spacial score (nSPS) is 17.0. The number of hydrogen-bond donors (Lipinski definition) is 0. The lowest BCUT2D eigenvalue weighted by Gasteiger charge is -2.08. The predicted molar refractivity (Wildman–Crippen MR) is 55.7 cm³/mol. The van der Waals surface area contributed by atoms with E-state index in [2.05, 4.69) is 0 Å². The van der Waals surface area contributed by atoms with E-state index in [1.807, 2.05) is 30.3 Å². The molecule has 3 nitrogen and oxygen atoms in total. The summed E-state index contributed by atoms with van der Waals surface area (Å²) in [5, 5.41) is 8.38. The molecule has 0 unspecified atom stereocenters. The number of nitrogens with zero attached hydrogens (tertiary/aromatic N) is 1. The van der Waals surface area contributed by atoms with Gasteiger partial charge in [-0.2, -0.15) is 5.26 Å². The summed E-state index contributed by atoms with van der Waals surface area (Å²) >= 11 is 0. The van der Waals surface area contributed by atoms with Gasteiger partial charge >= 0.3 is 0 Å². The van der Waals surface area contributed by atoms with E-state index in [-0.39, 0.29) is 6.29 Å². The summed E-state index contributed by atoms with van der Waals surface area (Å²) in [6, 6.07) is 9.74. The summed E-state index contributed by atoms with van der Waals surface area (Å²) in [5.74, 6) is 0. The Bertz CT molecular complexity index is 383. The lowest BCUT2D eigenvalue weighted by atomic mass is 10.1. The molecule has 0 spiro atoms. The van der Waals surface area contributed by atoms with Gasteiger partial charge in [-0.05, 0) is 11.6 Å². The van der Waals surface area contributed by atoms with Crippen LogP contribution in [0.25, 0.3) is 6.08 Å². The standard InChI is InChI=1S/C12H11NO2/c13-7-1-2-10-3-5-11(6-4-10)12-14-8-9-15-12/h1-6,12H,8-9H2. The second kappa shape index (κ2) is 4.74. The van der Waals surface area contributed by atoms with Gasteiger partial charge in [0.2, 0.25) is 0 Å². The minimum atomic E-state index is -0.223. The molecule has 1 aromatic carbocycles. The van der Waals surface area contributed by atoms with Gasteiger partial charge in [-0.1, -0.05) is 24.3 Å². The van der Waals surface area contributed by atoms with Crippen LogP contribution < -0.4 is 0 Å². The summed E-state index contributed by atoms with van der Waals surface area (Å²) in [7, 11) is 0. The van der Waals surface area contributed by atoms with E-state index in [9.17, 15) is 0 Å². The molecule has 1 aliphatic rings. The second-order valence-electron chi connectivity index (χ2n) is 3.20. The molecule has 0 amide bonds. The molecule has 1 aromatic rings. The van der Waals surface area contributed by atoms with Crippen LogP contribution >= 0.6 is 0 Å². The molecule has 0 atom stereocenters. The number of rotatable bonds is 2. The van der Waals surface area contributed by atoms with Gasteiger partial charge in [-0.3, -0.25) is 0 Å². The van der Waals surface area contributed by atoms with Crippen molar-refractivity contribution < 1.29 is 9.47 Å². The van der Waals surface area contributed by atoms with Crippen molar-refractivity contribution in [2.45, 2.75) is 6.29 Å². The second-order valence-corrected chi connectivity index (χ2v) is 3.20. The average molecular weight is 201 g/mol. The fourth-order valence-electron chi connectivity index (χ4n) is 1.45. The molecule has 0 saturated carbocycles. The van der Waals surface area contributed by atoms with Crippen LogP contribution in [-0.2, 0) is 9.47 Å². The highest BCUT2D eigenvalue weighted by Crippen LogP contribution is 2.23. The molecule has 3 heteroatoms. The molecule has 2 rings (SSSR count). The highest BCUT2D eigenvalue weighted by Gasteiger charge is 2.17. The highest BCUT2D eigenvalue weighted by atomic mass is 16.7. The Morgan fingerprint density at radius 2 is 1.87 bits per heavy atom. The number of nitriles is 1. The van der Waals surface area contributed by atoms with Crippen molar-refractivity contribution in [2.24, 2.45) is 0 Å². The van der Waals surface area contributed by atoms with E-state index in [4.69, 9.17) is 14.7 Å². The van der Waals surface area contributed by atoms with Crippen LogP contribution in [0.3, 0.4) is 0 Å². The average Bonchev–Trinajstić information content (AvgIpc) is 2.80. The van der Waals surface area contributed by atoms with Crippen LogP contribution in [0.5, 0.6) is 0 Å². The van der Waals surface area contributed by atoms with E-state index >= 15 is 0 Å². The first-order chi connectivity index (χ1) is 7.40. The van der Waals surface area contributed by atoms with E-state index in [1.54, 1.807) is 6.08 Å². The van der Waals surface area contributed by atoms with Crippen molar-refractivity contribution in [3.8, 4) is 6.07 Å². The highest BCUT2D eigenvalue weighted by molar-refractivity contribution is 5.52. The number of benzene rings is 1. The summed E-state index contributed by atoms with van der Waals surface area (Å²) < 4.78 is 10.7. The van der Waals surface area contributed by atoms with Crippen molar-refractivity contribution >= 4 is 6.08 Å². The Balaban J connectivity index is 2.10. The Morgan fingerprint density at radius 1 is 1.20 bits per heavy atom. The molecular weight excluding hydrogens is 190 g/mol. The zero-order valence-corrected chi connectivity index (χ0v) is 8.22. The van der Waals surface area contributed by atoms with Crippen LogP contribution in [0.15, 0.2) is 30.3 Å². The Kier molecular flexibility index (Phi) is 3.13. The third kappa shape index (κ3) is 2.44. The van der Waals surface area contributed by atoms with Crippen molar-refractivity contribution in [1.82, 2.24) is 0 Å². The Hall–Kier alpha value is -1.63. The van der Waals surface area contributed by atoms with Gasteiger partial charge < -0.3 is 9.47 Å². The van der Waals surface area contributed by atoms with E-state index in [0.717, 1.165) is 11.1 Å². The smallest absolute Gasteiger partial charge is 0.184 e. The predicted octanol–water partition coefficient (Wildman–Crippen LogP) is 2.27. The minimum Gasteiger partial charge on any atom is -0.346 e. The van der Waals surface area contributed by atoms with Crippen LogP contribution in [0, 0.1) is 11.3 Å². The third-order valence-electron chi connectivity index (χ3n) is 2.18. The Labute approximate surface area is 88.5 Å². The van der Waals surface area contributed by atoms with Crippen LogP contribution in [-0.4, -0.2) is 13.2 Å². The summed E-state index contributed by atoms with van der Waals surface area (Å²) in [4.78, 5) is 0. The van der Waals surface area contributed by atoms with Crippen LogP contribution in [0.1, 0.15) is 17.4 Å². The maximum Gasteiger partial charge on any atom is 0.184 e. The monoisotopic (exact) mass is 201 g/mol. The van der Waals surface area contributed by atoms with Gasteiger partial charge in [0.15, 0.2) is 6.29 Å². The van der Waals surface area contributed by atoms with Gasteiger partial charge in [0.25, 0.3) is 0 Å². The van der Waals surface area contributed by atoms with Crippen molar-refractivity contribution in [3.05, 3.63) is 41.5 Å². The number of ether oxygens (including phenoxy) is 2. The van der Waals surface area contributed by atoms with Gasteiger partial charge in [-0.25, -0.2) is 0 Å². The molecule has 0 N–H and O–H groups in total. The maximum atomic E-state index is 8.38. The maximum absolute atomic E-state index is 8.38. The third-order valence-corrected chi connectivity index (χ3v) is 2.18. The van der Waals surface area contributed by atoms with Crippen molar-refractivity contribution in [3.63, 3.8) is 0 Å². The lowest BCUT2D eigenvalue weighted by molar-refractivity contribution is -0.0441. The summed E-state index contributed by atoms with van der Waals surface area (Å²) in [6.45, 7) is 1.31. The SMILES string of the molecule is N#CC=Cc1ccc(C2OCCO2)cc1. The number of hydrogen-bond acceptors (Lipinski definition) is 3. The van der Waals surface area contributed by atoms with E-state index in [1.165, 1.54) is 6.08 Å². The molecule has 1 aliphatic heterocycles. The quantitative estimate of drug-likeness (QED) is 0.689. The van der Waals surface area contributed by atoms with Gasteiger partial charge in [0.05, 0.1) is 19.3 Å². The molecule has 0 radical (unpaired) electrons. The van der Waals surface area contributed by atoms with Crippen molar-refractivity contribution in [2.75, 3.05) is 13.2 Å². The molecular formula is C12H11NO2. The van der Waals surface area contributed by atoms with Gasteiger partial charge in [-0.15, -0.1) is 0 Å². The lowest BCUT2D eigenvalue weighted by Crippen LogP contribution is -1.97. The zero-order valence-electron chi connectivity index (χ0n) is 8.22. The van der Waals surface area contributed by atoms with E-state index in [0.29, 0.717) is 13.2 Å². The van der Waals surface area contributed by atoms with E-state index < -0.39 is 0 Å². The fourth-order valence-corrected chi connectivity index (χ4v) is 1.45. The largest absolute Gasteiger partial charge is 0.346 e. The summed E-state index contributed by atoms with van der Waals surface area (Å²) in [5.41, 5.74) is 2.01. The minimum absolute atomic E-state index is 0.223. The molecule has 15 heavy (non-hydrogen) atoms. The zero-order chi connectivity index (χ0) is 10.5. The Morgan fingerprint density at radius 3 is 2.47 bits per heavy atom. The first-order valence-electron chi connectivity index (χ1n) is 4.79. The molecule has 0 aromatic heterocycles. The van der Waals surface area contributed by atoms with Crippen LogP contribution in [0.2, 0.25) is 0 Å². The molecule has 0 bridgehead atoms. The molecule has 0 aliphatic carbocycles.